The predicted octanol–water partition coefficient (Wildman–Crippen LogP) is 7.22. The minimum atomic E-state index is 0. The van der Waals surface area contributed by atoms with E-state index in [1.807, 2.05) is 0 Å². The summed E-state index contributed by atoms with van der Waals surface area (Å²) in [6, 6.07) is 19.3. The summed E-state index contributed by atoms with van der Waals surface area (Å²) in [7, 11) is 0. The van der Waals surface area contributed by atoms with Gasteiger partial charge in [0.2, 0.25) is 0 Å². The fraction of sp³-hybridized carbons (Fsp3) is 0.250. The van der Waals surface area contributed by atoms with Gasteiger partial charge in [-0.1, -0.05) is 68.5 Å². The summed E-state index contributed by atoms with van der Waals surface area (Å²) in [6.45, 7) is 5.30. The zero-order valence-corrected chi connectivity index (χ0v) is 17.6. The van der Waals surface area contributed by atoms with Crippen LogP contribution in [0.15, 0.2) is 66.2 Å². The summed E-state index contributed by atoms with van der Waals surface area (Å²) in [5, 5.41) is 5.39. The molecule has 2 aliphatic carbocycles. The van der Waals surface area contributed by atoms with Gasteiger partial charge >= 0.3 is 26.2 Å². The number of hydrogen-bond acceptors (Lipinski definition) is 0. The fourth-order valence-electron chi connectivity index (χ4n) is 2.80. The molecular formula is C24H26Zr. The molecule has 0 radical (unpaired) electrons. The minimum absolute atomic E-state index is 0. The van der Waals surface area contributed by atoms with Crippen molar-refractivity contribution < 1.29 is 26.2 Å². The van der Waals surface area contributed by atoms with Gasteiger partial charge in [-0.2, -0.15) is 6.42 Å². The Morgan fingerprint density at radius 2 is 1.36 bits per heavy atom. The van der Waals surface area contributed by atoms with Crippen LogP contribution in [0.2, 0.25) is 0 Å². The average molecular weight is 406 g/mol. The maximum absolute atomic E-state index is 5.30. The van der Waals surface area contributed by atoms with E-state index >= 15 is 0 Å². The van der Waals surface area contributed by atoms with E-state index in [0.29, 0.717) is 0 Å². The molecule has 0 nitrogen and oxygen atoms in total. The third kappa shape index (κ3) is 6.16. The molecule has 3 aromatic carbocycles. The zero-order valence-electron chi connectivity index (χ0n) is 15.1. The van der Waals surface area contributed by atoms with Crippen LogP contribution in [-0.2, 0) is 26.2 Å². The maximum atomic E-state index is 5.30. The Bertz CT molecular complexity index is 745. The Morgan fingerprint density at radius 1 is 0.840 bits per heavy atom. The molecule has 0 spiro atoms. The topological polar surface area (TPSA) is 0 Å². The molecule has 0 heterocycles. The first-order valence-electron chi connectivity index (χ1n) is 8.53. The van der Waals surface area contributed by atoms with Gasteiger partial charge in [0.15, 0.2) is 0 Å². The number of fused-ring (bicyclic) bond motifs is 3. The average Bonchev–Trinajstić information content (AvgIpc) is 3.24. The van der Waals surface area contributed by atoms with E-state index in [9.17, 15) is 0 Å². The molecule has 0 unspecified atom stereocenters. The van der Waals surface area contributed by atoms with Crippen LogP contribution in [0.25, 0.3) is 21.5 Å². The van der Waals surface area contributed by atoms with Crippen molar-refractivity contribution in [2.75, 3.05) is 0 Å². The van der Waals surface area contributed by atoms with E-state index in [4.69, 9.17) is 6.58 Å². The SMILES string of the molecule is [C-]1=CCCC1.[CH-]=C1CCC1.[CH3-].[Zr+4].c1ccc2c(c1)[cH-]c1ccccc12. The molecule has 0 atom stereocenters. The van der Waals surface area contributed by atoms with Crippen LogP contribution in [0.5, 0.6) is 0 Å². The van der Waals surface area contributed by atoms with Gasteiger partial charge in [-0.25, -0.2) is 0 Å². The molecule has 1 fully saturated rings. The first-order chi connectivity index (χ1) is 11.3. The molecule has 126 valence electrons. The first kappa shape index (κ1) is 21.7. The van der Waals surface area contributed by atoms with Crippen LogP contribution in [0.3, 0.4) is 0 Å². The third-order valence-corrected chi connectivity index (χ3v) is 4.33. The Balaban J connectivity index is 0.000000219. The summed E-state index contributed by atoms with van der Waals surface area (Å²) in [5.41, 5.74) is 1.19. The van der Waals surface area contributed by atoms with Gasteiger partial charge in [0.1, 0.15) is 0 Å². The molecule has 0 saturated heterocycles. The Labute approximate surface area is 172 Å². The summed E-state index contributed by atoms with van der Waals surface area (Å²) in [5.74, 6) is 0. The van der Waals surface area contributed by atoms with E-state index in [0.717, 1.165) is 0 Å². The van der Waals surface area contributed by atoms with Crippen molar-refractivity contribution >= 4 is 21.5 Å². The van der Waals surface area contributed by atoms with Gasteiger partial charge in [-0.3, -0.25) is 11.6 Å². The van der Waals surface area contributed by atoms with Crippen LogP contribution >= 0.6 is 0 Å². The van der Waals surface area contributed by atoms with Crippen LogP contribution in [0, 0.1) is 20.1 Å². The second kappa shape index (κ2) is 11.3. The molecule has 5 rings (SSSR count). The van der Waals surface area contributed by atoms with Crippen molar-refractivity contribution in [1.29, 1.82) is 0 Å². The maximum Gasteiger partial charge on any atom is 4.00 e. The molecule has 25 heavy (non-hydrogen) atoms. The molecule has 0 amide bonds. The van der Waals surface area contributed by atoms with Crippen molar-refractivity contribution in [3.8, 4) is 0 Å². The fourth-order valence-corrected chi connectivity index (χ4v) is 2.80. The van der Waals surface area contributed by atoms with E-state index in [-0.39, 0.29) is 33.6 Å². The van der Waals surface area contributed by atoms with Gasteiger partial charge in [0, 0.05) is 0 Å². The molecular weight excluding hydrogens is 379 g/mol. The van der Waals surface area contributed by atoms with Gasteiger partial charge in [-0.05, 0) is 0 Å². The summed E-state index contributed by atoms with van der Waals surface area (Å²) >= 11 is 0. The predicted molar refractivity (Wildman–Crippen MR) is 107 cm³/mol. The van der Waals surface area contributed by atoms with E-state index < -0.39 is 0 Å². The molecule has 0 aliphatic heterocycles. The Hall–Kier alpha value is -1.33. The minimum Gasteiger partial charge on any atom is -0.514 e. The molecule has 0 N–H and O–H groups in total. The number of benzene rings is 2. The number of rotatable bonds is 0. The monoisotopic (exact) mass is 404 g/mol. The van der Waals surface area contributed by atoms with E-state index in [1.165, 1.54) is 65.6 Å². The summed E-state index contributed by atoms with van der Waals surface area (Å²) in [4.78, 5) is 0. The summed E-state index contributed by atoms with van der Waals surface area (Å²) < 4.78 is 0. The zero-order chi connectivity index (χ0) is 15.9. The molecule has 0 bridgehead atoms. The Kier molecular flexibility index (Phi) is 9.83. The van der Waals surface area contributed by atoms with Crippen molar-refractivity contribution in [1.82, 2.24) is 0 Å². The number of hydrogen-bond donors (Lipinski definition) is 0. The van der Waals surface area contributed by atoms with Crippen LogP contribution in [-0.4, -0.2) is 0 Å². The van der Waals surface area contributed by atoms with E-state index in [2.05, 4.69) is 66.7 Å². The van der Waals surface area contributed by atoms with Crippen LogP contribution in [0.1, 0.15) is 38.5 Å². The Morgan fingerprint density at radius 3 is 1.68 bits per heavy atom. The van der Waals surface area contributed by atoms with Gasteiger partial charge in [0.25, 0.3) is 0 Å². The van der Waals surface area contributed by atoms with Crippen LogP contribution in [0.4, 0.5) is 0 Å². The van der Waals surface area contributed by atoms with Gasteiger partial charge in [-0.15, -0.1) is 39.7 Å². The quantitative estimate of drug-likeness (QED) is 0.346. The van der Waals surface area contributed by atoms with Crippen LogP contribution < -0.4 is 0 Å². The van der Waals surface area contributed by atoms with Crippen molar-refractivity contribution in [3.05, 3.63) is 86.3 Å². The largest absolute Gasteiger partial charge is 4.00 e. The normalized spacial score (nSPS) is 14.3. The molecule has 3 aromatic rings. The summed E-state index contributed by atoms with van der Waals surface area (Å²) in [6.07, 6.45) is 12.7. The third-order valence-electron chi connectivity index (χ3n) is 4.33. The standard InChI is InChI=1S/C13H9.2C5H7.CH3.Zr/c1-3-7-12-10(5-1)9-11-6-2-4-8-13(11)12;1-5-3-2-4-5;1-2-4-5-3-1;;/h1-9H;1H,2-4H2;1H,2,4-5H2;1H3;/q4*-1;+4. The molecule has 2 aliphatic rings. The van der Waals surface area contributed by atoms with Gasteiger partial charge in [0.05, 0.1) is 0 Å². The second-order valence-corrected chi connectivity index (χ2v) is 6.13. The second-order valence-electron chi connectivity index (χ2n) is 6.13. The first-order valence-corrected chi connectivity index (χ1v) is 8.53. The smallest absolute Gasteiger partial charge is 0.514 e. The van der Waals surface area contributed by atoms with Crippen molar-refractivity contribution in [2.45, 2.75) is 38.5 Å². The van der Waals surface area contributed by atoms with E-state index in [1.54, 1.807) is 0 Å². The van der Waals surface area contributed by atoms with Crippen molar-refractivity contribution in [2.24, 2.45) is 0 Å². The molecule has 0 aromatic heterocycles. The number of allylic oxidation sites excluding steroid dienone is 3. The molecule has 1 saturated carbocycles. The molecule has 1 heteroatoms. The van der Waals surface area contributed by atoms with Gasteiger partial charge < -0.3 is 20.1 Å². The van der Waals surface area contributed by atoms with Crippen molar-refractivity contribution in [3.63, 3.8) is 0 Å².